The van der Waals surface area contributed by atoms with Crippen LogP contribution in [-0.4, -0.2) is 23.9 Å². The highest BCUT2D eigenvalue weighted by Crippen LogP contribution is 2.19. The van der Waals surface area contributed by atoms with Gasteiger partial charge in [0, 0.05) is 5.69 Å². The first-order chi connectivity index (χ1) is 11.1. The molecule has 1 amide bonds. The summed E-state index contributed by atoms with van der Waals surface area (Å²) in [4.78, 5) is 14.4. The molecule has 118 valence electrons. The highest BCUT2D eigenvalue weighted by atomic mass is 16.3. The van der Waals surface area contributed by atoms with Gasteiger partial charge in [0.25, 0.3) is 0 Å². The molecule has 4 nitrogen and oxygen atoms in total. The molecule has 1 aromatic heterocycles. The molecule has 0 fully saturated rings. The minimum atomic E-state index is -0.258. The number of fused-ring (bicyclic) bond motifs is 1. The fourth-order valence-corrected chi connectivity index (χ4v) is 2.50. The Hall–Kier alpha value is -2.59. The molecule has 1 atom stereocenters. The van der Waals surface area contributed by atoms with Crippen molar-refractivity contribution in [2.45, 2.75) is 19.5 Å². The van der Waals surface area contributed by atoms with Gasteiger partial charge in [0.15, 0.2) is 0 Å². The summed E-state index contributed by atoms with van der Waals surface area (Å²) in [7, 11) is 1.91. The number of nitrogens with zero attached hydrogens (tertiary/aromatic N) is 1. The van der Waals surface area contributed by atoms with Gasteiger partial charge in [-0.3, -0.25) is 9.69 Å². The Morgan fingerprint density at radius 2 is 1.91 bits per heavy atom. The molecule has 2 aromatic carbocycles. The van der Waals surface area contributed by atoms with E-state index in [9.17, 15) is 4.79 Å². The van der Waals surface area contributed by atoms with Crippen molar-refractivity contribution in [2.24, 2.45) is 0 Å². The zero-order chi connectivity index (χ0) is 16.2. The Kier molecular flexibility index (Phi) is 4.44. The van der Waals surface area contributed by atoms with Crippen LogP contribution in [0.25, 0.3) is 10.8 Å². The lowest BCUT2D eigenvalue weighted by Gasteiger charge is -2.23. The Bertz CT molecular complexity index is 796. The number of carbonyl (C=O) groups is 1. The van der Waals surface area contributed by atoms with E-state index in [1.165, 1.54) is 0 Å². The molecular formula is C19H20N2O2. The lowest BCUT2D eigenvalue weighted by atomic mass is 10.1. The van der Waals surface area contributed by atoms with Crippen molar-refractivity contribution in [1.29, 1.82) is 0 Å². The van der Waals surface area contributed by atoms with Gasteiger partial charge in [-0.15, -0.1) is 0 Å². The molecule has 4 heteroatoms. The minimum Gasteiger partial charge on any atom is -0.468 e. The van der Waals surface area contributed by atoms with Crippen LogP contribution >= 0.6 is 0 Å². The summed E-state index contributed by atoms with van der Waals surface area (Å²) in [5, 5.41) is 5.26. The number of carbonyl (C=O) groups excluding carboxylic acids is 1. The lowest BCUT2D eigenvalue weighted by Crippen LogP contribution is -2.39. The largest absolute Gasteiger partial charge is 0.468 e. The molecule has 23 heavy (non-hydrogen) atoms. The molecule has 0 unspecified atom stereocenters. The van der Waals surface area contributed by atoms with E-state index in [0.717, 1.165) is 22.2 Å². The maximum absolute atomic E-state index is 12.4. The van der Waals surface area contributed by atoms with Gasteiger partial charge in [-0.05, 0) is 49.0 Å². The first-order valence-corrected chi connectivity index (χ1v) is 7.66. The third-order valence-corrected chi connectivity index (χ3v) is 4.04. The number of nitrogens with one attached hydrogen (secondary N) is 1. The molecule has 3 rings (SSSR count). The van der Waals surface area contributed by atoms with Crippen LogP contribution < -0.4 is 5.32 Å². The van der Waals surface area contributed by atoms with E-state index in [1.54, 1.807) is 6.26 Å². The van der Waals surface area contributed by atoms with Gasteiger partial charge in [0.05, 0.1) is 18.8 Å². The summed E-state index contributed by atoms with van der Waals surface area (Å²) in [6.07, 6.45) is 1.64. The second-order valence-electron chi connectivity index (χ2n) is 5.72. The number of hydrogen-bond acceptors (Lipinski definition) is 3. The fourth-order valence-electron chi connectivity index (χ4n) is 2.50. The summed E-state index contributed by atoms with van der Waals surface area (Å²) in [5.74, 6) is 0.812. The number of anilines is 1. The van der Waals surface area contributed by atoms with Crippen molar-refractivity contribution in [1.82, 2.24) is 4.90 Å². The maximum atomic E-state index is 12.4. The Balaban J connectivity index is 1.66. The molecule has 0 bridgehead atoms. The highest BCUT2D eigenvalue weighted by molar-refractivity contribution is 5.97. The van der Waals surface area contributed by atoms with Crippen LogP contribution in [0.5, 0.6) is 0 Å². The standard InChI is InChI=1S/C19H20N2O2/c1-14(21(2)13-18-8-5-11-23-18)19(22)20-17-10-9-15-6-3-4-7-16(15)12-17/h3-12,14H,13H2,1-2H3,(H,20,22)/t14-/m1/s1. The number of rotatable bonds is 5. The average molecular weight is 308 g/mol. The maximum Gasteiger partial charge on any atom is 0.241 e. The number of furan rings is 1. The summed E-state index contributed by atoms with van der Waals surface area (Å²) < 4.78 is 5.33. The Morgan fingerprint density at radius 3 is 2.65 bits per heavy atom. The molecule has 0 radical (unpaired) electrons. The first kappa shape index (κ1) is 15.3. The van der Waals surface area contributed by atoms with Crippen LogP contribution in [0.1, 0.15) is 12.7 Å². The lowest BCUT2D eigenvalue weighted by molar-refractivity contribution is -0.120. The van der Waals surface area contributed by atoms with Crippen molar-refractivity contribution in [2.75, 3.05) is 12.4 Å². The molecule has 1 N–H and O–H groups in total. The third kappa shape index (κ3) is 3.60. The monoisotopic (exact) mass is 308 g/mol. The van der Waals surface area contributed by atoms with Crippen molar-refractivity contribution < 1.29 is 9.21 Å². The Labute approximate surface area is 135 Å². The van der Waals surface area contributed by atoms with Gasteiger partial charge in [-0.1, -0.05) is 30.3 Å². The van der Waals surface area contributed by atoms with Crippen LogP contribution in [-0.2, 0) is 11.3 Å². The first-order valence-electron chi connectivity index (χ1n) is 7.66. The van der Waals surface area contributed by atoms with Gasteiger partial charge < -0.3 is 9.73 Å². The quantitative estimate of drug-likeness (QED) is 0.777. The molecule has 3 aromatic rings. The van der Waals surface area contributed by atoms with Crippen LogP contribution in [0.4, 0.5) is 5.69 Å². The topological polar surface area (TPSA) is 45.5 Å². The highest BCUT2D eigenvalue weighted by Gasteiger charge is 2.19. The molecule has 0 aliphatic carbocycles. The van der Waals surface area contributed by atoms with Gasteiger partial charge in [0.2, 0.25) is 5.91 Å². The second-order valence-corrected chi connectivity index (χ2v) is 5.72. The van der Waals surface area contributed by atoms with Gasteiger partial charge in [0.1, 0.15) is 5.76 Å². The third-order valence-electron chi connectivity index (χ3n) is 4.04. The zero-order valence-corrected chi connectivity index (χ0v) is 13.3. The number of amides is 1. The van der Waals surface area contributed by atoms with Crippen molar-refractivity contribution in [3.05, 3.63) is 66.6 Å². The van der Waals surface area contributed by atoms with E-state index in [-0.39, 0.29) is 11.9 Å². The molecule has 0 aliphatic rings. The molecule has 0 spiro atoms. The van der Waals surface area contributed by atoms with Crippen molar-refractivity contribution >= 4 is 22.4 Å². The van der Waals surface area contributed by atoms with E-state index in [2.05, 4.69) is 11.4 Å². The van der Waals surface area contributed by atoms with Gasteiger partial charge in [-0.25, -0.2) is 0 Å². The number of benzene rings is 2. The predicted molar refractivity (Wildman–Crippen MR) is 92.2 cm³/mol. The summed E-state index contributed by atoms with van der Waals surface area (Å²) in [5.41, 5.74) is 0.812. The van der Waals surface area contributed by atoms with Crippen molar-refractivity contribution in [3.8, 4) is 0 Å². The van der Waals surface area contributed by atoms with Crippen LogP contribution in [0, 0.1) is 0 Å². The average Bonchev–Trinajstić information content (AvgIpc) is 3.07. The minimum absolute atomic E-state index is 0.0330. The van der Waals surface area contributed by atoms with Gasteiger partial charge >= 0.3 is 0 Å². The van der Waals surface area contributed by atoms with Crippen LogP contribution in [0.3, 0.4) is 0 Å². The zero-order valence-electron chi connectivity index (χ0n) is 13.3. The van der Waals surface area contributed by atoms with Crippen LogP contribution in [0.15, 0.2) is 65.3 Å². The smallest absolute Gasteiger partial charge is 0.241 e. The summed E-state index contributed by atoms with van der Waals surface area (Å²) >= 11 is 0. The second kappa shape index (κ2) is 6.67. The van der Waals surface area contributed by atoms with Gasteiger partial charge in [-0.2, -0.15) is 0 Å². The van der Waals surface area contributed by atoms with Crippen molar-refractivity contribution in [3.63, 3.8) is 0 Å². The summed E-state index contributed by atoms with van der Waals surface area (Å²) in [6, 6.07) is 17.5. The van der Waals surface area contributed by atoms with E-state index in [0.29, 0.717) is 6.54 Å². The van der Waals surface area contributed by atoms with Crippen LogP contribution in [0.2, 0.25) is 0 Å². The number of likely N-dealkylation sites (N-methyl/N-ethyl adjacent to an activating group) is 1. The molecule has 1 heterocycles. The number of hydrogen-bond donors (Lipinski definition) is 1. The van der Waals surface area contributed by atoms with E-state index in [4.69, 9.17) is 4.42 Å². The SMILES string of the molecule is C[C@H](C(=O)Nc1ccc2ccccc2c1)N(C)Cc1ccco1. The van der Waals surface area contributed by atoms with E-state index < -0.39 is 0 Å². The Morgan fingerprint density at radius 1 is 1.13 bits per heavy atom. The molecular weight excluding hydrogens is 288 g/mol. The summed E-state index contributed by atoms with van der Waals surface area (Å²) in [6.45, 7) is 2.48. The molecule has 0 saturated carbocycles. The normalized spacial score (nSPS) is 12.5. The predicted octanol–water partition coefficient (Wildman–Crippen LogP) is 3.89. The molecule has 0 saturated heterocycles. The van der Waals surface area contributed by atoms with E-state index in [1.807, 2.05) is 67.4 Å². The van der Waals surface area contributed by atoms with E-state index >= 15 is 0 Å². The fraction of sp³-hybridized carbons (Fsp3) is 0.211. The molecule has 0 aliphatic heterocycles.